The van der Waals surface area contributed by atoms with Gasteiger partial charge in [0.1, 0.15) is 28.0 Å². The van der Waals surface area contributed by atoms with Crippen LogP contribution in [0.15, 0.2) is 136 Å². The average molecular weight is 576 g/mol. The van der Waals surface area contributed by atoms with E-state index in [-0.39, 0.29) is 0 Å². The van der Waals surface area contributed by atoms with Gasteiger partial charge >= 0.3 is 0 Å². The minimum atomic E-state index is 0.602. The highest BCUT2D eigenvalue weighted by molar-refractivity contribution is 6.38. The van der Waals surface area contributed by atoms with Crippen molar-refractivity contribution in [3.8, 4) is 17.2 Å². The monoisotopic (exact) mass is 575 g/mol. The summed E-state index contributed by atoms with van der Waals surface area (Å²) in [6.07, 6.45) is 0. The third kappa shape index (κ3) is 2.92. The van der Waals surface area contributed by atoms with Crippen LogP contribution in [-0.4, -0.2) is 14.5 Å². The van der Waals surface area contributed by atoms with Crippen LogP contribution in [0, 0.1) is 0 Å². The van der Waals surface area contributed by atoms with Crippen molar-refractivity contribution >= 4 is 87.4 Å². The van der Waals surface area contributed by atoms with E-state index >= 15 is 0 Å². The normalized spacial score (nSPS) is 12.4. The molecule has 0 radical (unpaired) electrons. The molecule has 0 saturated carbocycles. The van der Waals surface area contributed by atoms with Crippen molar-refractivity contribution in [3.63, 3.8) is 0 Å². The van der Waals surface area contributed by atoms with Gasteiger partial charge in [-0.15, -0.1) is 0 Å². The fourth-order valence-electron chi connectivity index (χ4n) is 7.54. The van der Waals surface area contributed by atoms with Crippen molar-refractivity contribution in [1.29, 1.82) is 0 Å². The Labute approximate surface area is 254 Å². The topological polar surface area (TPSA) is 57.0 Å². The molecule has 11 rings (SSSR count). The fraction of sp³-hybridized carbons (Fsp3) is 0. The van der Waals surface area contributed by atoms with Crippen LogP contribution in [-0.2, 0) is 0 Å². The van der Waals surface area contributed by atoms with Gasteiger partial charge in [-0.1, -0.05) is 91.0 Å². The molecule has 5 nitrogen and oxygen atoms in total. The van der Waals surface area contributed by atoms with Crippen LogP contribution in [0.3, 0.4) is 0 Å². The lowest BCUT2D eigenvalue weighted by Gasteiger charge is -2.09. The molecular weight excluding hydrogens is 554 g/mol. The molecule has 4 heterocycles. The Morgan fingerprint density at radius 2 is 1.07 bits per heavy atom. The number of rotatable bonds is 2. The quantitative estimate of drug-likeness (QED) is 0.206. The van der Waals surface area contributed by atoms with Gasteiger partial charge in [0, 0.05) is 32.5 Å². The molecule has 0 atom stereocenters. The Hall–Kier alpha value is -6.20. The number of para-hydroxylation sites is 1. The van der Waals surface area contributed by atoms with Crippen LogP contribution in [0.25, 0.3) is 105 Å². The number of hydrogen-bond donors (Lipinski definition) is 0. The molecule has 0 aliphatic carbocycles. The Bertz CT molecular complexity index is 2980. The molecular formula is C40H21N3O2. The first-order chi connectivity index (χ1) is 22.3. The van der Waals surface area contributed by atoms with E-state index in [0.717, 1.165) is 66.1 Å². The smallest absolute Gasteiger partial charge is 0.236 e. The first-order valence-corrected chi connectivity index (χ1v) is 15.1. The van der Waals surface area contributed by atoms with Gasteiger partial charge in [0.25, 0.3) is 0 Å². The summed E-state index contributed by atoms with van der Waals surface area (Å²) < 4.78 is 15.2. The van der Waals surface area contributed by atoms with Gasteiger partial charge in [-0.25, -0.2) is 9.97 Å². The van der Waals surface area contributed by atoms with Gasteiger partial charge in [-0.2, -0.15) is 0 Å². The maximum Gasteiger partial charge on any atom is 0.236 e. The number of fused-ring (bicyclic) bond motifs is 6. The summed E-state index contributed by atoms with van der Waals surface area (Å²) in [4.78, 5) is 10.6. The summed E-state index contributed by atoms with van der Waals surface area (Å²) in [5.41, 5.74) is 7.87. The predicted octanol–water partition coefficient (Wildman–Crippen LogP) is 10.8. The molecule has 7 aromatic carbocycles. The SMILES string of the molecule is c1ccc(-c2nc(-n3c4cccc5c6ccccc6c6cccc7oc8ccc3c(c8c76)c54)nc3c2oc2ccccc23)cc1. The van der Waals surface area contributed by atoms with Crippen LogP contribution in [0.1, 0.15) is 0 Å². The molecule has 0 unspecified atom stereocenters. The summed E-state index contributed by atoms with van der Waals surface area (Å²) in [5, 5.41) is 10.3. The Kier molecular flexibility index (Phi) is 4.26. The standard InChI is InChI=1S/C40H21N3O2/c1-2-10-22(11-3-1)37-39-38(27-14-6-7-18-30(27)45-39)42-40(41-37)43-28-17-8-15-25-23-12-4-5-13-24(23)26-16-9-19-31-34(26)36-32(44-31)21-20-29(43)35(36)33(25)28/h1-21H. The van der Waals surface area contributed by atoms with E-state index in [1.807, 2.05) is 36.4 Å². The third-order valence-electron chi connectivity index (χ3n) is 9.38. The zero-order chi connectivity index (χ0) is 29.2. The van der Waals surface area contributed by atoms with Crippen molar-refractivity contribution in [2.45, 2.75) is 0 Å². The molecule has 0 fully saturated rings. The highest BCUT2D eigenvalue weighted by Gasteiger charge is 2.25. The van der Waals surface area contributed by atoms with E-state index in [1.54, 1.807) is 0 Å². The molecule has 0 saturated heterocycles. The van der Waals surface area contributed by atoms with Crippen molar-refractivity contribution in [1.82, 2.24) is 14.5 Å². The number of nitrogens with zero attached hydrogens (tertiary/aromatic N) is 3. The van der Waals surface area contributed by atoms with Gasteiger partial charge in [-0.3, -0.25) is 4.57 Å². The summed E-state index contributed by atoms with van der Waals surface area (Å²) in [7, 11) is 0. The summed E-state index contributed by atoms with van der Waals surface area (Å²) in [6.45, 7) is 0. The van der Waals surface area contributed by atoms with Crippen molar-refractivity contribution in [3.05, 3.63) is 127 Å². The minimum absolute atomic E-state index is 0.602. The second-order valence-corrected chi connectivity index (χ2v) is 11.7. The van der Waals surface area contributed by atoms with Gasteiger partial charge in [0.15, 0.2) is 5.58 Å². The first kappa shape index (κ1) is 23.3. The predicted molar refractivity (Wildman–Crippen MR) is 183 cm³/mol. The molecule has 0 bridgehead atoms. The van der Waals surface area contributed by atoms with Crippen LogP contribution in [0.5, 0.6) is 0 Å². The maximum atomic E-state index is 6.52. The van der Waals surface area contributed by atoms with Crippen molar-refractivity contribution in [2.75, 3.05) is 0 Å². The van der Waals surface area contributed by atoms with Gasteiger partial charge in [0.2, 0.25) is 5.95 Å². The number of benzene rings is 6. The zero-order valence-corrected chi connectivity index (χ0v) is 23.8. The largest absolute Gasteiger partial charge is 0.456 e. The van der Waals surface area contributed by atoms with Crippen LogP contribution >= 0.6 is 0 Å². The molecule has 0 aliphatic rings. The molecule has 5 heteroatoms. The van der Waals surface area contributed by atoms with Crippen LogP contribution < -0.4 is 0 Å². The molecule has 11 aromatic rings. The van der Waals surface area contributed by atoms with E-state index < -0.39 is 0 Å². The molecule has 0 spiro atoms. The van der Waals surface area contributed by atoms with E-state index in [1.165, 1.54) is 26.9 Å². The molecule has 45 heavy (non-hydrogen) atoms. The second-order valence-electron chi connectivity index (χ2n) is 11.7. The summed E-state index contributed by atoms with van der Waals surface area (Å²) >= 11 is 0. The van der Waals surface area contributed by atoms with Crippen LogP contribution in [0.2, 0.25) is 0 Å². The minimum Gasteiger partial charge on any atom is -0.456 e. The highest BCUT2D eigenvalue weighted by Crippen LogP contribution is 2.47. The summed E-state index contributed by atoms with van der Waals surface area (Å²) in [5.74, 6) is 0.602. The first-order valence-electron chi connectivity index (χ1n) is 15.1. The Balaban J connectivity index is 1.40. The fourth-order valence-corrected chi connectivity index (χ4v) is 7.54. The molecule has 0 amide bonds. The van der Waals surface area contributed by atoms with E-state index in [0.29, 0.717) is 11.5 Å². The zero-order valence-electron chi connectivity index (χ0n) is 23.8. The van der Waals surface area contributed by atoms with Crippen molar-refractivity contribution in [2.24, 2.45) is 0 Å². The third-order valence-corrected chi connectivity index (χ3v) is 9.38. The molecule has 0 aliphatic heterocycles. The lowest BCUT2D eigenvalue weighted by Crippen LogP contribution is -2.02. The van der Waals surface area contributed by atoms with E-state index in [9.17, 15) is 0 Å². The molecule has 208 valence electrons. The molecule has 0 N–H and O–H groups in total. The number of aromatic nitrogens is 3. The number of furan rings is 2. The van der Waals surface area contributed by atoms with Crippen LogP contribution in [0.4, 0.5) is 0 Å². The van der Waals surface area contributed by atoms with E-state index in [4.69, 9.17) is 18.8 Å². The lowest BCUT2D eigenvalue weighted by atomic mass is 9.95. The molecule has 4 aromatic heterocycles. The number of hydrogen-bond acceptors (Lipinski definition) is 4. The average Bonchev–Trinajstić information content (AvgIpc) is 3.77. The van der Waals surface area contributed by atoms with E-state index in [2.05, 4.69) is 95.6 Å². The lowest BCUT2D eigenvalue weighted by molar-refractivity contribution is 0.666. The van der Waals surface area contributed by atoms with Gasteiger partial charge in [0.05, 0.1) is 11.0 Å². The summed E-state index contributed by atoms with van der Waals surface area (Å²) in [6, 6.07) is 44.2. The van der Waals surface area contributed by atoms with Crippen molar-refractivity contribution < 1.29 is 8.83 Å². The van der Waals surface area contributed by atoms with Gasteiger partial charge in [-0.05, 0) is 57.9 Å². The highest BCUT2D eigenvalue weighted by atomic mass is 16.3. The Morgan fingerprint density at radius 3 is 1.91 bits per heavy atom. The second kappa shape index (κ2) is 8.24. The van der Waals surface area contributed by atoms with Gasteiger partial charge < -0.3 is 8.83 Å². The Morgan fingerprint density at radius 1 is 0.422 bits per heavy atom. The maximum absolute atomic E-state index is 6.52.